The van der Waals surface area contributed by atoms with E-state index < -0.39 is 11.9 Å². The molecule has 2 aliphatic carbocycles. The smallest absolute Gasteiger partial charge is 0.335 e. The van der Waals surface area contributed by atoms with Crippen molar-refractivity contribution in [3.05, 3.63) is 64.8 Å². The molecule has 2 aliphatic rings. The van der Waals surface area contributed by atoms with Crippen LogP contribution in [0.3, 0.4) is 0 Å². The van der Waals surface area contributed by atoms with Crippen LogP contribution in [0.1, 0.15) is 67.4 Å². The molecule has 1 aromatic heterocycles. The molecule has 2 aromatic carbocycles. The number of pyridine rings is 1. The van der Waals surface area contributed by atoms with Gasteiger partial charge in [-0.05, 0) is 107 Å². The summed E-state index contributed by atoms with van der Waals surface area (Å²) in [6.45, 7) is 4.15. The van der Waals surface area contributed by atoms with E-state index in [4.69, 9.17) is 30.9 Å². The quantitative estimate of drug-likeness (QED) is 0.158. The van der Waals surface area contributed by atoms with Crippen molar-refractivity contribution in [2.24, 2.45) is 11.8 Å². The van der Waals surface area contributed by atoms with E-state index in [0.29, 0.717) is 35.6 Å². The Bertz CT molecular complexity index is 1470. The number of carbonyl (C=O) groups excluding carboxylic acids is 2. The number of aryl methyl sites for hydroxylation is 1. The second-order valence-electron chi connectivity index (χ2n) is 12.2. The largest absolute Gasteiger partial charge is 0.493 e. The van der Waals surface area contributed by atoms with Crippen molar-refractivity contribution in [3.8, 4) is 33.9 Å². The summed E-state index contributed by atoms with van der Waals surface area (Å²) in [5.41, 5.74) is 6.59. The average Bonchev–Trinajstić information content (AvgIpc) is 3.87. The van der Waals surface area contributed by atoms with Crippen molar-refractivity contribution in [3.63, 3.8) is 0 Å². The van der Waals surface area contributed by atoms with Gasteiger partial charge in [-0.1, -0.05) is 43.0 Å². The van der Waals surface area contributed by atoms with E-state index in [2.05, 4.69) is 10.4 Å². The van der Waals surface area contributed by atoms with Gasteiger partial charge in [0.15, 0.2) is 0 Å². The van der Waals surface area contributed by atoms with Crippen molar-refractivity contribution in [2.75, 3.05) is 33.9 Å². The zero-order chi connectivity index (χ0) is 31.1. The Labute approximate surface area is 277 Å². The molecule has 3 aromatic rings. The van der Waals surface area contributed by atoms with Crippen molar-refractivity contribution < 1.29 is 23.9 Å². The fourth-order valence-corrected chi connectivity index (χ4v) is 5.57. The number of hydroxylamine groups is 1. The number of aromatic nitrogens is 1. The van der Waals surface area contributed by atoms with Gasteiger partial charge in [-0.2, -0.15) is 5.48 Å². The van der Waals surface area contributed by atoms with Crippen LogP contribution >= 0.6 is 24.0 Å². The molecular weight excluding hydrogens is 613 g/mol. The third kappa shape index (κ3) is 9.58. The maximum atomic E-state index is 13.2. The normalized spacial score (nSPS) is 14.9. The van der Waals surface area contributed by atoms with Crippen LogP contribution in [0, 0.1) is 18.8 Å². The maximum Gasteiger partial charge on any atom is 0.335 e. The summed E-state index contributed by atoms with van der Waals surface area (Å²) < 4.78 is 12.1. The summed E-state index contributed by atoms with van der Waals surface area (Å²) in [5.74, 6) is 0.799. The molecule has 0 saturated heterocycles. The predicted octanol–water partition coefficient (Wildman–Crippen LogP) is 7.69. The van der Waals surface area contributed by atoms with Crippen LogP contribution < -0.4 is 15.0 Å². The summed E-state index contributed by atoms with van der Waals surface area (Å²) in [6, 6.07) is 15.1. The van der Waals surface area contributed by atoms with Crippen LogP contribution in [0.25, 0.3) is 22.4 Å². The van der Waals surface area contributed by atoms with E-state index in [1.165, 1.54) is 12.8 Å². The second kappa shape index (κ2) is 16.3. The first-order valence-corrected chi connectivity index (χ1v) is 16.0. The number of hydrogen-bond acceptors (Lipinski definition) is 7. The Morgan fingerprint density at radius 3 is 2.47 bits per heavy atom. The minimum absolute atomic E-state index is 0. The Balaban J connectivity index is 0.00000461. The van der Waals surface area contributed by atoms with Gasteiger partial charge in [0.2, 0.25) is 0 Å². The molecule has 1 N–H and O–H groups in total. The van der Waals surface area contributed by atoms with Crippen LogP contribution in [0.5, 0.6) is 11.5 Å². The highest BCUT2D eigenvalue weighted by molar-refractivity contribution is 6.32. The number of hydrogen-bond donors (Lipinski definition) is 1. The number of carbonyl (C=O) groups is 2. The molecule has 2 fully saturated rings. The molecule has 8 nitrogen and oxygen atoms in total. The van der Waals surface area contributed by atoms with Gasteiger partial charge in [0.05, 0.1) is 29.8 Å². The first-order chi connectivity index (χ1) is 21.3. The Hall–Kier alpha value is -3.33. The van der Waals surface area contributed by atoms with Gasteiger partial charge in [-0.3, -0.25) is 4.79 Å². The minimum atomic E-state index is -0.589. The fraction of sp³-hybridized carbons (Fsp3) is 0.457. The molecule has 2 saturated carbocycles. The van der Waals surface area contributed by atoms with Crippen LogP contribution in [0.15, 0.2) is 48.5 Å². The monoisotopic (exact) mass is 655 g/mol. The van der Waals surface area contributed by atoms with Gasteiger partial charge in [0.25, 0.3) is 0 Å². The third-order valence-electron chi connectivity index (χ3n) is 8.20. The van der Waals surface area contributed by atoms with Crippen LogP contribution in [0.4, 0.5) is 0 Å². The zero-order valence-electron chi connectivity index (χ0n) is 26.3. The highest BCUT2D eigenvalue weighted by atomic mass is 35.5. The summed E-state index contributed by atoms with van der Waals surface area (Å²) in [5, 5.41) is 0.496. The fourth-order valence-electron chi connectivity index (χ4n) is 5.40. The summed E-state index contributed by atoms with van der Waals surface area (Å²) in [4.78, 5) is 37.8. The second-order valence-corrected chi connectivity index (χ2v) is 12.6. The van der Waals surface area contributed by atoms with Crippen LogP contribution in [0.2, 0.25) is 5.02 Å². The molecule has 0 atom stereocenters. The van der Waals surface area contributed by atoms with E-state index in [-0.39, 0.29) is 24.0 Å². The highest BCUT2D eigenvalue weighted by Gasteiger charge is 2.25. The third-order valence-corrected chi connectivity index (χ3v) is 8.52. The lowest BCUT2D eigenvalue weighted by molar-refractivity contribution is -0.155. The highest BCUT2D eigenvalue weighted by Crippen LogP contribution is 2.38. The van der Waals surface area contributed by atoms with Crippen LogP contribution in [-0.4, -0.2) is 55.6 Å². The van der Waals surface area contributed by atoms with Crippen LogP contribution in [-0.2, 0) is 9.63 Å². The molecule has 0 spiro atoms. The van der Waals surface area contributed by atoms with Gasteiger partial charge >= 0.3 is 11.9 Å². The number of nitrogens with one attached hydrogen (secondary N) is 1. The topological polar surface area (TPSA) is 90.0 Å². The molecule has 1 heterocycles. The summed E-state index contributed by atoms with van der Waals surface area (Å²) in [7, 11) is 4.05. The van der Waals surface area contributed by atoms with E-state index in [1.807, 2.05) is 57.4 Å². The van der Waals surface area contributed by atoms with Gasteiger partial charge in [-0.15, -0.1) is 12.4 Å². The van der Waals surface area contributed by atoms with Gasteiger partial charge < -0.3 is 19.2 Å². The van der Waals surface area contributed by atoms with E-state index >= 15 is 0 Å². The first kappa shape index (κ1) is 34.5. The first-order valence-electron chi connectivity index (χ1n) is 15.6. The Morgan fingerprint density at radius 2 is 1.73 bits per heavy atom. The van der Waals surface area contributed by atoms with Crippen molar-refractivity contribution >= 4 is 35.9 Å². The molecule has 242 valence electrons. The standard InChI is InChI=1S/C35H42ClN3O5.ClH/c1-23-10-14-27(43-22-24-11-12-24)21-29(23)28-15-17-31(34(40)38-44-35(41)25-8-5-4-6-9-25)37-33(28)26-13-16-30(36)32(20-26)42-19-7-18-39(2)3;/h10,13-17,20-21,24-25H,4-9,11-12,18-19,22H2,1-3H3,(H,38,40);1H. The number of halogens is 2. The average molecular weight is 657 g/mol. The molecule has 1 amide bonds. The molecule has 0 radical (unpaired) electrons. The van der Waals surface area contributed by atoms with Gasteiger partial charge in [-0.25, -0.2) is 9.78 Å². The van der Waals surface area contributed by atoms with E-state index in [1.54, 1.807) is 12.1 Å². The lowest BCUT2D eigenvalue weighted by Gasteiger charge is -2.19. The number of benzene rings is 2. The van der Waals surface area contributed by atoms with Crippen molar-refractivity contribution in [2.45, 2.75) is 58.3 Å². The molecule has 45 heavy (non-hydrogen) atoms. The number of rotatable bonds is 12. The lowest BCUT2D eigenvalue weighted by atomic mass is 9.89. The number of nitrogens with zero attached hydrogens (tertiary/aromatic N) is 2. The van der Waals surface area contributed by atoms with Gasteiger partial charge in [0, 0.05) is 17.7 Å². The molecule has 0 bridgehead atoms. The molecule has 0 aliphatic heterocycles. The molecule has 0 unspecified atom stereocenters. The summed E-state index contributed by atoms with van der Waals surface area (Å²) in [6.07, 6.45) is 7.95. The number of ether oxygens (including phenoxy) is 2. The van der Waals surface area contributed by atoms with E-state index in [9.17, 15) is 9.59 Å². The zero-order valence-corrected chi connectivity index (χ0v) is 27.8. The minimum Gasteiger partial charge on any atom is -0.493 e. The van der Waals surface area contributed by atoms with Gasteiger partial charge in [0.1, 0.15) is 17.2 Å². The predicted molar refractivity (Wildman–Crippen MR) is 179 cm³/mol. The van der Waals surface area contributed by atoms with Crippen molar-refractivity contribution in [1.29, 1.82) is 0 Å². The van der Waals surface area contributed by atoms with Crippen molar-refractivity contribution in [1.82, 2.24) is 15.4 Å². The lowest BCUT2D eigenvalue weighted by Crippen LogP contribution is -2.31. The van der Waals surface area contributed by atoms with E-state index in [0.717, 1.165) is 73.1 Å². The SMILES string of the molecule is Cc1ccc(OCC2CC2)cc1-c1ccc(C(=O)NOC(=O)C2CCCCC2)nc1-c1ccc(Cl)c(OCCCN(C)C)c1.Cl. The Morgan fingerprint density at radius 1 is 0.956 bits per heavy atom. The molecular formula is C35H43Cl2N3O5. The molecule has 5 rings (SSSR count). The Kier molecular flexibility index (Phi) is 12.5. The number of amides is 1. The summed E-state index contributed by atoms with van der Waals surface area (Å²) >= 11 is 6.52. The maximum absolute atomic E-state index is 13.2. The molecule has 10 heteroatoms.